The molecule has 1 amide bonds. The molecule has 1 fully saturated rings. The van der Waals surface area contributed by atoms with E-state index in [2.05, 4.69) is 44.1 Å². The van der Waals surface area contributed by atoms with E-state index >= 15 is 0 Å². The maximum Gasteiger partial charge on any atom is 0.240 e. The van der Waals surface area contributed by atoms with Gasteiger partial charge in [0.25, 0.3) is 0 Å². The Morgan fingerprint density at radius 1 is 1.16 bits per heavy atom. The van der Waals surface area contributed by atoms with E-state index < -0.39 is 0 Å². The quantitative estimate of drug-likeness (QED) is 0.492. The highest BCUT2D eigenvalue weighted by molar-refractivity contribution is 5.86. The SMILES string of the molecule is C[C@@H]1CN(c2ncnc3c2cnn3CCNC(=O)Cn2cnc3ccccc32)C[C@H](C)O1. The van der Waals surface area contributed by atoms with Gasteiger partial charge in [-0.15, -0.1) is 0 Å². The molecule has 1 saturated heterocycles. The van der Waals surface area contributed by atoms with Gasteiger partial charge in [-0.1, -0.05) is 12.1 Å². The third kappa shape index (κ3) is 4.01. The number of nitrogens with one attached hydrogen (secondary N) is 1. The minimum Gasteiger partial charge on any atom is -0.372 e. The van der Waals surface area contributed by atoms with Crippen molar-refractivity contribution in [3.63, 3.8) is 0 Å². The topological polar surface area (TPSA) is 103 Å². The van der Waals surface area contributed by atoms with Crippen molar-refractivity contribution in [1.82, 2.24) is 34.6 Å². The molecule has 32 heavy (non-hydrogen) atoms. The van der Waals surface area contributed by atoms with Gasteiger partial charge >= 0.3 is 0 Å². The number of amides is 1. The van der Waals surface area contributed by atoms with E-state index in [1.54, 1.807) is 23.5 Å². The number of imidazole rings is 1. The third-order valence-electron chi connectivity index (χ3n) is 5.62. The van der Waals surface area contributed by atoms with Gasteiger partial charge in [-0.3, -0.25) is 4.79 Å². The number of ether oxygens (including phenoxy) is 1. The van der Waals surface area contributed by atoms with Crippen LogP contribution in [0.5, 0.6) is 0 Å². The van der Waals surface area contributed by atoms with E-state index in [0.717, 1.165) is 41.0 Å². The first-order chi connectivity index (χ1) is 15.6. The molecule has 1 N–H and O–H groups in total. The summed E-state index contributed by atoms with van der Waals surface area (Å²) in [6.07, 6.45) is 5.35. The zero-order chi connectivity index (χ0) is 22.1. The van der Waals surface area contributed by atoms with Crippen LogP contribution in [0.1, 0.15) is 13.8 Å². The van der Waals surface area contributed by atoms with Gasteiger partial charge in [0.1, 0.15) is 18.7 Å². The van der Waals surface area contributed by atoms with Gasteiger partial charge in [0.15, 0.2) is 5.65 Å². The minimum atomic E-state index is -0.0729. The highest BCUT2D eigenvalue weighted by Gasteiger charge is 2.25. The van der Waals surface area contributed by atoms with Gasteiger partial charge in [-0.05, 0) is 26.0 Å². The van der Waals surface area contributed by atoms with Crippen LogP contribution in [0.2, 0.25) is 0 Å². The van der Waals surface area contributed by atoms with Gasteiger partial charge in [0.05, 0.1) is 47.7 Å². The van der Waals surface area contributed by atoms with E-state index in [9.17, 15) is 4.79 Å². The number of para-hydroxylation sites is 2. The van der Waals surface area contributed by atoms with Crippen LogP contribution < -0.4 is 10.2 Å². The lowest BCUT2D eigenvalue weighted by atomic mass is 10.2. The van der Waals surface area contributed by atoms with Crippen molar-refractivity contribution in [1.29, 1.82) is 0 Å². The van der Waals surface area contributed by atoms with Crippen LogP contribution in [0.4, 0.5) is 5.82 Å². The smallest absolute Gasteiger partial charge is 0.240 e. The van der Waals surface area contributed by atoms with Gasteiger partial charge in [-0.25, -0.2) is 19.6 Å². The molecule has 1 aliphatic heterocycles. The van der Waals surface area contributed by atoms with Crippen molar-refractivity contribution >= 4 is 33.8 Å². The molecule has 0 spiro atoms. The molecular formula is C22H26N8O2. The summed E-state index contributed by atoms with van der Waals surface area (Å²) in [5, 5.41) is 8.36. The Bertz CT molecular complexity index is 1240. The first-order valence-electron chi connectivity index (χ1n) is 10.8. The van der Waals surface area contributed by atoms with Crippen molar-refractivity contribution in [3.8, 4) is 0 Å². The van der Waals surface area contributed by atoms with Crippen LogP contribution in [-0.4, -0.2) is 67.0 Å². The number of carbonyl (C=O) groups excluding carboxylic acids is 1. The fourth-order valence-corrected chi connectivity index (χ4v) is 4.30. The number of aromatic nitrogens is 6. The van der Waals surface area contributed by atoms with Crippen molar-refractivity contribution in [2.75, 3.05) is 24.5 Å². The van der Waals surface area contributed by atoms with Crippen LogP contribution in [0.3, 0.4) is 0 Å². The van der Waals surface area contributed by atoms with E-state index in [-0.39, 0.29) is 24.7 Å². The second-order valence-corrected chi connectivity index (χ2v) is 8.18. The molecule has 4 heterocycles. The number of benzene rings is 1. The van der Waals surface area contributed by atoms with Crippen molar-refractivity contribution in [2.45, 2.75) is 39.1 Å². The van der Waals surface area contributed by atoms with Crippen molar-refractivity contribution in [2.24, 2.45) is 0 Å². The minimum absolute atomic E-state index is 0.0729. The predicted octanol–water partition coefficient (Wildman–Crippen LogP) is 1.61. The molecule has 1 aromatic carbocycles. The summed E-state index contributed by atoms with van der Waals surface area (Å²) >= 11 is 0. The van der Waals surface area contributed by atoms with E-state index in [1.165, 1.54) is 0 Å². The maximum absolute atomic E-state index is 12.4. The Morgan fingerprint density at radius 2 is 1.97 bits per heavy atom. The molecule has 166 valence electrons. The number of morpholine rings is 1. The number of fused-ring (bicyclic) bond motifs is 2. The summed E-state index contributed by atoms with van der Waals surface area (Å²) in [5.74, 6) is 0.801. The summed E-state index contributed by atoms with van der Waals surface area (Å²) in [6.45, 7) is 6.89. The summed E-state index contributed by atoms with van der Waals surface area (Å²) < 4.78 is 9.49. The molecule has 0 saturated carbocycles. The standard InChI is InChI=1S/C22H26N8O2/c1-15-10-28(11-16(2)32-15)21-17-9-27-30(22(17)25-13-24-21)8-7-23-20(31)12-29-14-26-18-5-3-4-6-19(18)29/h3-6,9,13-16H,7-8,10-12H2,1-2H3,(H,23,31)/t15-,16+. The molecule has 0 aliphatic carbocycles. The summed E-state index contributed by atoms with van der Waals surface area (Å²) in [4.78, 5) is 27.9. The molecule has 4 aromatic rings. The average molecular weight is 435 g/mol. The largest absolute Gasteiger partial charge is 0.372 e. The summed E-state index contributed by atoms with van der Waals surface area (Å²) in [7, 11) is 0. The Morgan fingerprint density at radius 3 is 2.81 bits per heavy atom. The Kier molecular flexibility index (Phi) is 5.44. The second kappa shape index (κ2) is 8.54. The number of rotatable bonds is 6. The van der Waals surface area contributed by atoms with Crippen molar-refractivity contribution < 1.29 is 9.53 Å². The van der Waals surface area contributed by atoms with Crippen molar-refractivity contribution in [3.05, 3.63) is 43.1 Å². The first kappa shape index (κ1) is 20.4. The van der Waals surface area contributed by atoms with Crippen LogP contribution in [0.15, 0.2) is 43.1 Å². The van der Waals surface area contributed by atoms with Gasteiger partial charge in [-0.2, -0.15) is 5.10 Å². The fraction of sp³-hybridized carbons (Fsp3) is 0.409. The fourth-order valence-electron chi connectivity index (χ4n) is 4.30. The Hall–Kier alpha value is -3.53. The number of nitrogens with zero attached hydrogens (tertiary/aromatic N) is 7. The molecule has 0 radical (unpaired) electrons. The van der Waals surface area contributed by atoms with E-state index in [4.69, 9.17) is 4.74 Å². The van der Waals surface area contributed by atoms with Gasteiger partial charge in [0, 0.05) is 19.6 Å². The lowest BCUT2D eigenvalue weighted by Gasteiger charge is -2.36. The predicted molar refractivity (Wildman–Crippen MR) is 120 cm³/mol. The number of anilines is 1. The molecule has 5 rings (SSSR count). The van der Waals surface area contributed by atoms with Crippen LogP contribution >= 0.6 is 0 Å². The lowest BCUT2D eigenvalue weighted by Crippen LogP contribution is -2.45. The molecule has 1 aliphatic rings. The van der Waals surface area contributed by atoms with Crippen LogP contribution in [0, 0.1) is 0 Å². The highest BCUT2D eigenvalue weighted by Crippen LogP contribution is 2.25. The summed E-state index contributed by atoms with van der Waals surface area (Å²) in [5.41, 5.74) is 2.58. The first-order valence-corrected chi connectivity index (χ1v) is 10.8. The maximum atomic E-state index is 12.4. The van der Waals surface area contributed by atoms with E-state index in [1.807, 2.05) is 28.8 Å². The third-order valence-corrected chi connectivity index (χ3v) is 5.62. The molecule has 0 unspecified atom stereocenters. The number of carbonyl (C=O) groups is 1. The molecule has 10 nitrogen and oxygen atoms in total. The van der Waals surface area contributed by atoms with E-state index in [0.29, 0.717) is 13.1 Å². The molecule has 0 bridgehead atoms. The van der Waals surface area contributed by atoms with Crippen LogP contribution in [0.25, 0.3) is 22.1 Å². The van der Waals surface area contributed by atoms with Crippen LogP contribution in [-0.2, 0) is 22.6 Å². The zero-order valence-electron chi connectivity index (χ0n) is 18.2. The highest BCUT2D eigenvalue weighted by atomic mass is 16.5. The van der Waals surface area contributed by atoms with Gasteiger partial charge in [0.2, 0.25) is 5.91 Å². The van der Waals surface area contributed by atoms with Gasteiger partial charge < -0.3 is 19.5 Å². The normalized spacial score (nSPS) is 19.0. The Labute approximate surface area is 185 Å². The monoisotopic (exact) mass is 434 g/mol. The molecular weight excluding hydrogens is 408 g/mol. The molecule has 3 aromatic heterocycles. The molecule has 2 atom stereocenters. The zero-order valence-corrected chi connectivity index (χ0v) is 18.2. The number of hydrogen-bond donors (Lipinski definition) is 1. The summed E-state index contributed by atoms with van der Waals surface area (Å²) in [6, 6.07) is 7.76. The second-order valence-electron chi connectivity index (χ2n) is 8.18. The number of hydrogen-bond acceptors (Lipinski definition) is 7. The Balaban J connectivity index is 1.24. The molecule has 10 heteroatoms. The lowest BCUT2D eigenvalue weighted by molar-refractivity contribution is -0.121. The average Bonchev–Trinajstić information content (AvgIpc) is 3.37.